The summed E-state index contributed by atoms with van der Waals surface area (Å²) in [6.45, 7) is 14.2. The molecule has 0 N–H and O–H groups in total. The number of hydrogen-bond donors (Lipinski definition) is 0. The summed E-state index contributed by atoms with van der Waals surface area (Å²) in [6, 6.07) is 0. The van der Waals surface area contributed by atoms with E-state index < -0.39 is 0 Å². The quantitative estimate of drug-likeness (QED) is 0.215. The van der Waals surface area contributed by atoms with Gasteiger partial charge in [0.15, 0.2) is 12.6 Å². The van der Waals surface area contributed by atoms with E-state index in [-0.39, 0.29) is 12.6 Å². The third-order valence-electron chi connectivity index (χ3n) is 13.5. The van der Waals surface area contributed by atoms with Gasteiger partial charge in [0.1, 0.15) is 0 Å². The first-order valence-electron chi connectivity index (χ1n) is 18.0. The van der Waals surface area contributed by atoms with Crippen molar-refractivity contribution in [2.45, 2.75) is 162 Å². The molecule has 0 aromatic rings. The molecule has 0 radical (unpaired) electrons. The van der Waals surface area contributed by atoms with Gasteiger partial charge in [0.05, 0.1) is 12.2 Å². The van der Waals surface area contributed by atoms with Crippen LogP contribution in [0.2, 0.25) is 0 Å². The van der Waals surface area contributed by atoms with Crippen molar-refractivity contribution < 1.29 is 18.9 Å². The van der Waals surface area contributed by atoms with Crippen molar-refractivity contribution in [2.75, 3.05) is 13.2 Å². The first-order chi connectivity index (χ1) is 19.8. The van der Waals surface area contributed by atoms with E-state index in [4.69, 9.17) is 18.9 Å². The molecule has 6 aliphatic rings. The molecule has 4 aliphatic carbocycles. The van der Waals surface area contributed by atoms with E-state index in [0.717, 1.165) is 62.1 Å². The molecule has 2 unspecified atom stereocenters. The fourth-order valence-electron chi connectivity index (χ4n) is 11.4. The summed E-state index contributed by atoms with van der Waals surface area (Å²) in [4.78, 5) is 0. The molecule has 6 rings (SSSR count). The van der Waals surface area contributed by atoms with Gasteiger partial charge in [-0.25, -0.2) is 0 Å². The van der Waals surface area contributed by atoms with Gasteiger partial charge in [-0.05, 0) is 163 Å². The van der Waals surface area contributed by atoms with Crippen molar-refractivity contribution in [3.8, 4) is 0 Å². The third kappa shape index (κ3) is 6.25. The minimum absolute atomic E-state index is 0.000997. The van der Waals surface area contributed by atoms with Gasteiger partial charge in [-0.2, -0.15) is 0 Å². The SMILES string of the molecule is CC(C)=CCC[C@@H](C)[C@H]1CC[C@H]2[C@@H]3C[C@H](OC4CCCCO4)[C@@H]4C[C@H](OC5CCCCO5)CC[C@]4(C)[C@H]3CC[C@]12C. The molecule has 4 heteroatoms. The van der Waals surface area contributed by atoms with Crippen LogP contribution in [-0.2, 0) is 18.9 Å². The molecule has 41 heavy (non-hydrogen) atoms. The van der Waals surface area contributed by atoms with Gasteiger partial charge in [0, 0.05) is 13.2 Å². The molecule has 4 saturated carbocycles. The van der Waals surface area contributed by atoms with Crippen LogP contribution in [0.15, 0.2) is 11.6 Å². The maximum atomic E-state index is 7.07. The number of rotatable bonds is 8. The van der Waals surface area contributed by atoms with Crippen LogP contribution in [-0.4, -0.2) is 38.0 Å². The molecule has 234 valence electrons. The lowest BCUT2D eigenvalue weighted by molar-refractivity contribution is -0.261. The summed E-state index contributed by atoms with van der Waals surface area (Å²) >= 11 is 0. The number of fused-ring (bicyclic) bond motifs is 5. The predicted octanol–water partition coefficient (Wildman–Crippen LogP) is 9.46. The number of allylic oxidation sites excluding steroid dienone is 2. The standard InChI is InChI=1S/C37H62O4/c1-25(2)11-10-12-26(3)29-15-16-30-28-24-33(41-35-14-7-9-22-39-35)32-23-27(40-34-13-6-8-21-38-34)17-19-37(32,5)31(28)18-20-36(29,30)4/h11,26-35H,6-10,12-24H2,1-5H3/t26-,27-,28+,29-,30+,31+,32+,33+,34?,35?,36-,37-/m1/s1. The average Bonchev–Trinajstić information content (AvgIpc) is 3.32. The monoisotopic (exact) mass is 570 g/mol. The fourth-order valence-corrected chi connectivity index (χ4v) is 11.4. The van der Waals surface area contributed by atoms with Crippen molar-refractivity contribution in [1.29, 1.82) is 0 Å². The second-order valence-electron chi connectivity index (χ2n) is 16.1. The molecule has 2 saturated heterocycles. The summed E-state index contributed by atoms with van der Waals surface area (Å²) in [5.41, 5.74) is 2.32. The molecule has 0 aromatic heterocycles. The Morgan fingerprint density at radius 1 is 0.780 bits per heavy atom. The molecule has 4 nitrogen and oxygen atoms in total. The molecule has 2 heterocycles. The Balaban J connectivity index is 1.20. The lowest BCUT2D eigenvalue weighted by Gasteiger charge is -2.63. The van der Waals surface area contributed by atoms with E-state index in [1.54, 1.807) is 0 Å². The molecule has 0 spiro atoms. The van der Waals surface area contributed by atoms with Crippen LogP contribution in [0.4, 0.5) is 0 Å². The molecule has 12 atom stereocenters. The molecule has 6 fully saturated rings. The van der Waals surface area contributed by atoms with E-state index in [1.165, 1.54) is 89.0 Å². The van der Waals surface area contributed by atoms with Gasteiger partial charge in [-0.3, -0.25) is 0 Å². The van der Waals surface area contributed by atoms with Gasteiger partial charge < -0.3 is 18.9 Å². The molecule has 0 bridgehead atoms. The lowest BCUT2D eigenvalue weighted by atomic mass is 9.43. The van der Waals surface area contributed by atoms with E-state index >= 15 is 0 Å². The van der Waals surface area contributed by atoms with Crippen LogP contribution in [0.1, 0.15) is 137 Å². The summed E-state index contributed by atoms with van der Waals surface area (Å²) in [7, 11) is 0. The molecular formula is C37H62O4. The fraction of sp³-hybridized carbons (Fsp3) is 0.946. The predicted molar refractivity (Wildman–Crippen MR) is 165 cm³/mol. The summed E-state index contributed by atoms with van der Waals surface area (Å²) in [6.07, 6.45) is 23.3. The van der Waals surface area contributed by atoms with Gasteiger partial charge in [0.2, 0.25) is 0 Å². The highest BCUT2D eigenvalue weighted by molar-refractivity contribution is 5.12. The van der Waals surface area contributed by atoms with Crippen molar-refractivity contribution >= 4 is 0 Å². The summed E-state index contributed by atoms with van der Waals surface area (Å²) in [5, 5.41) is 0. The zero-order valence-electron chi connectivity index (χ0n) is 27.2. The van der Waals surface area contributed by atoms with Crippen LogP contribution >= 0.6 is 0 Å². The molecule has 0 aromatic carbocycles. The van der Waals surface area contributed by atoms with Crippen LogP contribution in [0.25, 0.3) is 0 Å². The first-order valence-corrected chi connectivity index (χ1v) is 18.0. The van der Waals surface area contributed by atoms with Crippen LogP contribution in [0.3, 0.4) is 0 Å². The van der Waals surface area contributed by atoms with Crippen LogP contribution < -0.4 is 0 Å². The summed E-state index contributed by atoms with van der Waals surface area (Å²) in [5.74, 6) is 4.77. The van der Waals surface area contributed by atoms with Gasteiger partial charge in [-0.15, -0.1) is 0 Å². The van der Waals surface area contributed by atoms with Crippen molar-refractivity contribution in [3.63, 3.8) is 0 Å². The minimum atomic E-state index is -0.000997. The lowest BCUT2D eigenvalue weighted by Crippen LogP contribution is -2.59. The topological polar surface area (TPSA) is 36.9 Å². The smallest absolute Gasteiger partial charge is 0.157 e. The Labute approximate surface area is 252 Å². The molecule has 2 aliphatic heterocycles. The van der Waals surface area contributed by atoms with Gasteiger partial charge >= 0.3 is 0 Å². The highest BCUT2D eigenvalue weighted by Gasteiger charge is 2.63. The maximum absolute atomic E-state index is 7.07. The van der Waals surface area contributed by atoms with Crippen LogP contribution in [0, 0.1) is 46.3 Å². The average molecular weight is 571 g/mol. The minimum Gasteiger partial charge on any atom is -0.353 e. The Bertz CT molecular complexity index is 885. The Hall–Kier alpha value is -0.420. The normalized spacial score (nSPS) is 47.1. The summed E-state index contributed by atoms with van der Waals surface area (Å²) < 4.78 is 26.0. The number of hydrogen-bond acceptors (Lipinski definition) is 4. The second-order valence-corrected chi connectivity index (χ2v) is 16.1. The van der Waals surface area contributed by atoms with Crippen molar-refractivity contribution in [1.82, 2.24) is 0 Å². The highest BCUT2D eigenvalue weighted by Crippen LogP contribution is 2.69. The highest BCUT2D eigenvalue weighted by atomic mass is 16.7. The van der Waals surface area contributed by atoms with Crippen molar-refractivity contribution in [3.05, 3.63) is 11.6 Å². The third-order valence-corrected chi connectivity index (χ3v) is 13.5. The van der Waals surface area contributed by atoms with Crippen LogP contribution in [0.5, 0.6) is 0 Å². The number of ether oxygens (including phenoxy) is 4. The largest absolute Gasteiger partial charge is 0.353 e. The van der Waals surface area contributed by atoms with Gasteiger partial charge in [-0.1, -0.05) is 32.4 Å². The Morgan fingerprint density at radius 3 is 2.15 bits per heavy atom. The van der Waals surface area contributed by atoms with E-state index in [9.17, 15) is 0 Å². The second kappa shape index (κ2) is 12.9. The molecular weight excluding hydrogens is 508 g/mol. The zero-order chi connectivity index (χ0) is 28.6. The van der Waals surface area contributed by atoms with Gasteiger partial charge in [0.25, 0.3) is 0 Å². The van der Waals surface area contributed by atoms with E-state index in [0.29, 0.717) is 29.0 Å². The molecule has 0 amide bonds. The zero-order valence-corrected chi connectivity index (χ0v) is 27.2. The Morgan fingerprint density at radius 2 is 1.46 bits per heavy atom. The Kier molecular flexibility index (Phi) is 9.63. The first kappa shape index (κ1) is 30.6. The maximum Gasteiger partial charge on any atom is 0.157 e. The van der Waals surface area contributed by atoms with E-state index in [1.807, 2.05) is 0 Å². The van der Waals surface area contributed by atoms with Crippen molar-refractivity contribution in [2.24, 2.45) is 46.3 Å². The van der Waals surface area contributed by atoms with E-state index in [2.05, 4.69) is 40.7 Å².